The van der Waals surface area contributed by atoms with Gasteiger partial charge in [0.2, 0.25) is 0 Å². The third-order valence-corrected chi connectivity index (χ3v) is 3.37. The number of hydrogen-bond donors (Lipinski definition) is 0. The van der Waals surface area contributed by atoms with Crippen molar-refractivity contribution in [2.24, 2.45) is 0 Å². The molecule has 0 saturated heterocycles. The van der Waals surface area contributed by atoms with Gasteiger partial charge >= 0.3 is 0 Å². The van der Waals surface area contributed by atoms with E-state index in [0.717, 1.165) is 0 Å². The van der Waals surface area contributed by atoms with Crippen molar-refractivity contribution in [2.75, 3.05) is 0 Å². The van der Waals surface area contributed by atoms with Gasteiger partial charge in [-0.2, -0.15) is 0 Å². The Kier molecular flexibility index (Phi) is 0.452. The average Bonchev–Trinajstić information content (AvgIpc) is 1.79. The Labute approximate surface area is 34.1 Å². The largest absolute Gasteiger partial charge is 0.0983 e. The summed E-state index contributed by atoms with van der Waals surface area (Å²) in [6.07, 6.45) is 0. The highest BCUT2D eigenvalue weighted by Gasteiger charge is 2.13. The van der Waals surface area contributed by atoms with Gasteiger partial charge in [0.05, 0.1) is 8.80 Å². The molecule has 1 atom stereocenters. The number of rotatable bonds is 0. The lowest BCUT2D eigenvalue weighted by molar-refractivity contribution is 1.75. The van der Waals surface area contributed by atoms with Gasteiger partial charge < -0.3 is 0 Å². The predicted octanol–water partition coefficient (Wildman–Crippen LogP) is 0.882. The van der Waals surface area contributed by atoms with Crippen molar-refractivity contribution < 1.29 is 0 Å². The Hall–Kier alpha value is -0.0431. The molecule has 1 unspecified atom stereocenters. The van der Waals surface area contributed by atoms with Gasteiger partial charge in [-0.15, -0.1) is 0 Å². The topological polar surface area (TPSA) is 0 Å². The minimum absolute atomic E-state index is 0.191. The zero-order valence-electron chi connectivity index (χ0n) is 3.65. The van der Waals surface area contributed by atoms with Gasteiger partial charge in [-0.3, -0.25) is 0 Å². The molecule has 0 amide bonds. The van der Waals surface area contributed by atoms with E-state index in [9.17, 15) is 0 Å². The first-order valence-corrected chi connectivity index (χ1v) is 4.39. The first-order chi connectivity index (χ1) is 2.30. The first-order valence-electron chi connectivity index (χ1n) is 1.99. The monoisotopic (exact) mass is 84.0 g/mol. The van der Waals surface area contributed by atoms with E-state index in [1.807, 2.05) is 0 Å². The van der Waals surface area contributed by atoms with E-state index in [1.165, 1.54) is 0 Å². The third-order valence-electron chi connectivity index (χ3n) is 1.12. The molecule has 0 aromatic rings. The highest BCUT2D eigenvalue weighted by Crippen LogP contribution is 2.14. The molecule has 1 heteroatoms. The molecule has 0 radical (unpaired) electrons. The van der Waals surface area contributed by atoms with Crippen LogP contribution in [-0.2, 0) is 0 Å². The standard InChI is InChI=1S/C4H8Si/c1-4-3-5(4)2/h3,5H,1-2H3. The lowest BCUT2D eigenvalue weighted by Gasteiger charge is -1.66. The molecule has 0 aromatic heterocycles. The molecule has 1 aliphatic rings. The molecular formula is C4H8Si. The van der Waals surface area contributed by atoms with Gasteiger partial charge in [0.25, 0.3) is 0 Å². The normalized spacial score (nSPS) is 33.2. The van der Waals surface area contributed by atoms with E-state index in [1.54, 1.807) is 5.20 Å². The average molecular weight is 84.2 g/mol. The molecule has 0 spiro atoms. The summed E-state index contributed by atoms with van der Waals surface area (Å²) in [7, 11) is -0.191. The molecule has 0 nitrogen and oxygen atoms in total. The highest BCUT2D eigenvalue weighted by atomic mass is 28.3. The van der Waals surface area contributed by atoms with Gasteiger partial charge in [0, 0.05) is 0 Å². The van der Waals surface area contributed by atoms with Crippen molar-refractivity contribution in [3.63, 3.8) is 0 Å². The maximum Gasteiger partial charge on any atom is 0.0841 e. The molecule has 0 aromatic carbocycles. The van der Waals surface area contributed by atoms with Gasteiger partial charge in [0.1, 0.15) is 0 Å². The lowest BCUT2D eigenvalue weighted by atomic mass is 10.8. The van der Waals surface area contributed by atoms with Crippen molar-refractivity contribution in [2.45, 2.75) is 13.5 Å². The molecule has 0 fully saturated rings. The third kappa shape index (κ3) is 0.427. The zero-order chi connectivity index (χ0) is 3.86. The summed E-state index contributed by atoms with van der Waals surface area (Å²) in [5.74, 6) is 0. The highest BCUT2D eigenvalue weighted by molar-refractivity contribution is 6.81. The van der Waals surface area contributed by atoms with Crippen molar-refractivity contribution >= 4 is 8.80 Å². The number of allylic oxidation sites excluding steroid dienone is 1. The minimum Gasteiger partial charge on any atom is -0.0983 e. The fourth-order valence-electron chi connectivity index (χ4n) is 0.346. The molecule has 1 rings (SSSR count). The molecule has 1 aliphatic heterocycles. The van der Waals surface area contributed by atoms with Crippen LogP contribution in [0, 0.1) is 0 Å². The zero-order valence-corrected chi connectivity index (χ0v) is 4.81. The Balaban J connectivity index is 2.38. The smallest absolute Gasteiger partial charge is 0.0841 e. The molecule has 0 saturated carbocycles. The van der Waals surface area contributed by atoms with E-state index < -0.39 is 0 Å². The summed E-state index contributed by atoms with van der Waals surface area (Å²) in [6, 6.07) is 0. The Morgan fingerprint density at radius 1 is 1.80 bits per heavy atom. The summed E-state index contributed by atoms with van der Waals surface area (Å²) in [6.45, 7) is 4.56. The fraction of sp³-hybridized carbons (Fsp3) is 0.500. The van der Waals surface area contributed by atoms with Crippen LogP contribution in [-0.4, -0.2) is 8.80 Å². The molecular weight excluding hydrogens is 76.1 g/mol. The summed E-state index contributed by atoms with van der Waals surface area (Å²) >= 11 is 0. The van der Waals surface area contributed by atoms with Crippen LogP contribution in [0.5, 0.6) is 0 Å². The molecule has 1 heterocycles. The van der Waals surface area contributed by atoms with Crippen LogP contribution >= 0.6 is 0 Å². The SMILES string of the molecule is CC1=C[SiH]1C. The van der Waals surface area contributed by atoms with E-state index >= 15 is 0 Å². The van der Waals surface area contributed by atoms with Gasteiger partial charge in [-0.05, 0) is 6.92 Å². The summed E-state index contributed by atoms with van der Waals surface area (Å²) in [5, 5.41) is 1.69. The van der Waals surface area contributed by atoms with Gasteiger partial charge in [-0.1, -0.05) is 17.4 Å². The van der Waals surface area contributed by atoms with Crippen LogP contribution < -0.4 is 0 Å². The van der Waals surface area contributed by atoms with Gasteiger partial charge in [0.15, 0.2) is 0 Å². The Morgan fingerprint density at radius 3 is 2.00 bits per heavy atom. The van der Waals surface area contributed by atoms with E-state index in [-0.39, 0.29) is 8.80 Å². The second kappa shape index (κ2) is 0.715. The van der Waals surface area contributed by atoms with Gasteiger partial charge in [-0.25, -0.2) is 0 Å². The lowest BCUT2D eigenvalue weighted by Crippen LogP contribution is -1.76. The Morgan fingerprint density at radius 2 is 2.00 bits per heavy atom. The summed E-state index contributed by atoms with van der Waals surface area (Å²) < 4.78 is 0. The maximum absolute atomic E-state index is 2.39. The molecule has 5 heavy (non-hydrogen) atoms. The first kappa shape index (κ1) is 3.16. The van der Waals surface area contributed by atoms with Crippen molar-refractivity contribution in [3.05, 3.63) is 10.9 Å². The fourth-order valence-corrected chi connectivity index (χ4v) is 1.62. The van der Waals surface area contributed by atoms with Crippen LogP contribution in [0.4, 0.5) is 0 Å². The summed E-state index contributed by atoms with van der Waals surface area (Å²) in [4.78, 5) is 0. The minimum atomic E-state index is -0.191. The van der Waals surface area contributed by atoms with Crippen molar-refractivity contribution in [3.8, 4) is 0 Å². The van der Waals surface area contributed by atoms with Crippen molar-refractivity contribution in [1.82, 2.24) is 0 Å². The van der Waals surface area contributed by atoms with Crippen LogP contribution in [0.3, 0.4) is 0 Å². The van der Waals surface area contributed by atoms with E-state index in [4.69, 9.17) is 0 Å². The Bertz CT molecular complexity index is 73.7. The van der Waals surface area contributed by atoms with Crippen LogP contribution in [0.25, 0.3) is 0 Å². The second-order valence-corrected chi connectivity index (χ2v) is 4.52. The second-order valence-electron chi connectivity index (χ2n) is 1.70. The molecule has 0 N–H and O–H groups in total. The van der Waals surface area contributed by atoms with E-state index in [2.05, 4.69) is 19.2 Å². The van der Waals surface area contributed by atoms with Crippen LogP contribution in [0.15, 0.2) is 10.9 Å². The van der Waals surface area contributed by atoms with Crippen molar-refractivity contribution in [1.29, 1.82) is 0 Å². The van der Waals surface area contributed by atoms with Crippen LogP contribution in [0.1, 0.15) is 6.92 Å². The molecule has 0 bridgehead atoms. The van der Waals surface area contributed by atoms with E-state index in [0.29, 0.717) is 0 Å². The molecule has 0 aliphatic carbocycles. The number of hydrogen-bond acceptors (Lipinski definition) is 0. The van der Waals surface area contributed by atoms with Crippen LogP contribution in [0.2, 0.25) is 6.55 Å². The maximum atomic E-state index is 2.39. The predicted molar refractivity (Wildman–Crippen MR) is 26.8 cm³/mol. The molecule has 28 valence electrons. The quantitative estimate of drug-likeness (QED) is 0.382. The summed E-state index contributed by atoms with van der Waals surface area (Å²) in [5.41, 5.74) is 2.39.